The Morgan fingerprint density at radius 1 is 1.25 bits per heavy atom. The van der Waals surface area contributed by atoms with E-state index in [2.05, 4.69) is 9.97 Å². The molecule has 1 rings (SSSR count). The molecule has 0 aliphatic carbocycles. The zero-order valence-corrected chi connectivity index (χ0v) is 9.54. The summed E-state index contributed by atoms with van der Waals surface area (Å²) < 4.78 is 21.9. The summed E-state index contributed by atoms with van der Waals surface area (Å²) in [6, 6.07) is 0. The normalized spacial score (nSPS) is 14.1. The number of hydrogen-bond acceptors (Lipinski definition) is 4. The SMILES string of the molecule is O=P(O)(O)C(O)(Cc1c[nH]cn1)P(=O)(O)O. The van der Waals surface area contributed by atoms with Crippen molar-refractivity contribution in [3.8, 4) is 0 Å². The number of aromatic amines is 1. The largest absolute Gasteiger partial charge is 0.369 e. The van der Waals surface area contributed by atoms with Gasteiger partial charge in [0.1, 0.15) is 0 Å². The van der Waals surface area contributed by atoms with E-state index in [0.717, 1.165) is 12.5 Å². The topological polar surface area (TPSA) is 164 Å². The van der Waals surface area contributed by atoms with Crippen molar-refractivity contribution in [2.45, 2.75) is 11.5 Å². The molecule has 0 atom stereocenters. The van der Waals surface area contributed by atoms with Crippen LogP contribution in [0.15, 0.2) is 12.5 Å². The molecule has 0 fully saturated rings. The van der Waals surface area contributed by atoms with E-state index in [1.165, 1.54) is 0 Å². The van der Waals surface area contributed by atoms with Crippen molar-refractivity contribution >= 4 is 15.2 Å². The van der Waals surface area contributed by atoms with Crippen LogP contribution in [-0.4, -0.2) is 39.7 Å². The highest BCUT2D eigenvalue weighted by Gasteiger charge is 2.59. The maximum absolute atomic E-state index is 10.9. The van der Waals surface area contributed by atoms with Crippen molar-refractivity contribution in [3.05, 3.63) is 18.2 Å². The molecule has 0 aliphatic rings. The lowest BCUT2D eigenvalue weighted by Gasteiger charge is -2.28. The van der Waals surface area contributed by atoms with Crippen molar-refractivity contribution in [2.75, 3.05) is 0 Å². The van der Waals surface area contributed by atoms with Crippen LogP contribution < -0.4 is 0 Å². The lowest BCUT2D eigenvalue weighted by molar-refractivity contribution is 0.130. The van der Waals surface area contributed by atoms with Gasteiger partial charge in [-0.25, -0.2) is 4.98 Å². The smallest absolute Gasteiger partial charge is 0.367 e. The van der Waals surface area contributed by atoms with Crippen molar-refractivity contribution in [1.82, 2.24) is 9.97 Å². The number of aromatic nitrogens is 2. The number of nitrogens with zero attached hydrogens (tertiary/aromatic N) is 1. The molecule has 11 heteroatoms. The Hall–Kier alpha value is -0.530. The Kier molecular flexibility index (Phi) is 3.42. The molecule has 0 saturated heterocycles. The molecule has 0 spiro atoms. The predicted molar refractivity (Wildman–Crippen MR) is 51.3 cm³/mol. The van der Waals surface area contributed by atoms with Gasteiger partial charge in [0, 0.05) is 12.6 Å². The zero-order chi connectivity index (χ0) is 12.6. The number of H-pyrrole nitrogens is 1. The van der Waals surface area contributed by atoms with E-state index in [1.54, 1.807) is 0 Å². The van der Waals surface area contributed by atoms with Crippen molar-refractivity contribution < 1.29 is 33.8 Å². The Balaban J connectivity index is 3.18. The molecule has 0 saturated carbocycles. The molecule has 1 aromatic heterocycles. The first-order valence-corrected chi connectivity index (χ1v) is 7.12. The molecule has 0 aliphatic heterocycles. The second-order valence-electron chi connectivity index (χ2n) is 3.10. The molecule has 9 nitrogen and oxygen atoms in total. The molecular formula is C5H10N2O7P2. The number of imidazole rings is 1. The molecule has 0 bridgehead atoms. The summed E-state index contributed by atoms with van der Waals surface area (Å²) in [4.78, 5) is 41.2. The summed E-state index contributed by atoms with van der Waals surface area (Å²) in [5.74, 6) is 0. The third-order valence-corrected chi connectivity index (χ3v) is 5.65. The minimum atomic E-state index is -5.41. The van der Waals surface area contributed by atoms with Crippen LogP contribution in [0.2, 0.25) is 0 Å². The van der Waals surface area contributed by atoms with Gasteiger partial charge in [-0.15, -0.1) is 0 Å². The first-order chi connectivity index (χ1) is 7.08. The monoisotopic (exact) mass is 272 g/mol. The summed E-state index contributed by atoms with van der Waals surface area (Å²) in [6.45, 7) is 0. The van der Waals surface area contributed by atoms with E-state index < -0.39 is 26.7 Å². The number of aliphatic hydroxyl groups is 1. The van der Waals surface area contributed by atoms with E-state index in [0.29, 0.717) is 0 Å². The summed E-state index contributed by atoms with van der Waals surface area (Å²) >= 11 is 0. The van der Waals surface area contributed by atoms with Gasteiger partial charge in [-0.3, -0.25) is 9.13 Å². The van der Waals surface area contributed by atoms with Gasteiger partial charge in [0.25, 0.3) is 5.08 Å². The summed E-state index contributed by atoms with van der Waals surface area (Å²) in [5.41, 5.74) is -0.0749. The van der Waals surface area contributed by atoms with Gasteiger partial charge in [-0.2, -0.15) is 0 Å². The minimum absolute atomic E-state index is 0.0749. The van der Waals surface area contributed by atoms with Crippen LogP contribution >= 0.6 is 15.2 Å². The molecule has 16 heavy (non-hydrogen) atoms. The van der Waals surface area contributed by atoms with E-state index >= 15 is 0 Å². The van der Waals surface area contributed by atoms with E-state index in [-0.39, 0.29) is 5.69 Å². The number of hydrogen-bond donors (Lipinski definition) is 6. The lowest BCUT2D eigenvalue weighted by Crippen LogP contribution is -2.31. The second-order valence-corrected chi connectivity index (χ2v) is 7.11. The summed E-state index contributed by atoms with van der Waals surface area (Å²) in [7, 11) is -10.8. The van der Waals surface area contributed by atoms with Crippen LogP contribution in [0, 0.1) is 0 Å². The molecule has 0 unspecified atom stereocenters. The molecule has 0 aromatic carbocycles. The maximum atomic E-state index is 10.9. The van der Waals surface area contributed by atoms with Gasteiger partial charge < -0.3 is 29.7 Å². The lowest BCUT2D eigenvalue weighted by atomic mass is 10.3. The van der Waals surface area contributed by atoms with Gasteiger partial charge in [0.05, 0.1) is 12.0 Å². The minimum Gasteiger partial charge on any atom is -0.367 e. The Labute approximate surface area is 89.5 Å². The van der Waals surface area contributed by atoms with Gasteiger partial charge >= 0.3 is 15.2 Å². The van der Waals surface area contributed by atoms with Crippen molar-refractivity contribution in [1.29, 1.82) is 0 Å². The van der Waals surface area contributed by atoms with Gasteiger partial charge in [0.15, 0.2) is 0 Å². The highest BCUT2D eigenvalue weighted by molar-refractivity contribution is 7.72. The molecule has 1 aromatic rings. The average molecular weight is 272 g/mol. The Morgan fingerprint density at radius 3 is 2.06 bits per heavy atom. The van der Waals surface area contributed by atoms with Crippen LogP contribution in [0.3, 0.4) is 0 Å². The molecule has 0 amide bonds. The fourth-order valence-electron chi connectivity index (χ4n) is 1.01. The maximum Gasteiger partial charge on any atom is 0.369 e. The fourth-order valence-corrected chi connectivity index (χ4v) is 3.10. The summed E-state index contributed by atoms with van der Waals surface area (Å²) in [6.07, 6.45) is 1.36. The highest BCUT2D eigenvalue weighted by Crippen LogP contribution is 2.68. The van der Waals surface area contributed by atoms with Crippen LogP contribution in [0.25, 0.3) is 0 Å². The van der Waals surface area contributed by atoms with E-state index in [9.17, 15) is 14.2 Å². The Morgan fingerprint density at radius 2 is 1.75 bits per heavy atom. The van der Waals surface area contributed by atoms with Crippen LogP contribution in [0.5, 0.6) is 0 Å². The van der Waals surface area contributed by atoms with Crippen molar-refractivity contribution in [3.63, 3.8) is 0 Å². The van der Waals surface area contributed by atoms with Crippen molar-refractivity contribution in [2.24, 2.45) is 0 Å². The number of nitrogens with one attached hydrogen (secondary N) is 1. The van der Waals surface area contributed by atoms with E-state index in [4.69, 9.17) is 19.6 Å². The zero-order valence-electron chi connectivity index (χ0n) is 7.76. The third-order valence-electron chi connectivity index (χ3n) is 1.91. The molecule has 6 N–H and O–H groups in total. The third kappa shape index (κ3) is 2.41. The van der Waals surface area contributed by atoms with Gasteiger partial charge in [-0.1, -0.05) is 0 Å². The van der Waals surface area contributed by atoms with Gasteiger partial charge in [-0.05, 0) is 0 Å². The summed E-state index contributed by atoms with van der Waals surface area (Å²) in [5, 5.41) is 6.03. The molecule has 92 valence electrons. The van der Waals surface area contributed by atoms with Crippen LogP contribution in [-0.2, 0) is 15.6 Å². The molecule has 1 heterocycles. The van der Waals surface area contributed by atoms with Gasteiger partial charge in [0.2, 0.25) is 0 Å². The predicted octanol–water partition coefficient (Wildman–Crippen LogP) is -1.05. The highest BCUT2D eigenvalue weighted by atomic mass is 31.2. The average Bonchev–Trinajstić information content (AvgIpc) is 2.52. The van der Waals surface area contributed by atoms with Crippen LogP contribution in [0.4, 0.5) is 0 Å². The first-order valence-electron chi connectivity index (χ1n) is 3.89. The Bertz CT molecular complexity index is 423. The van der Waals surface area contributed by atoms with E-state index in [1.807, 2.05) is 0 Å². The standard InChI is InChI=1S/C5H10N2O7P2/c8-5(15(9,10)11,16(12,13)14)1-4-2-6-3-7-4/h2-3,8H,1H2,(H,6,7)(H2,9,10,11)(H2,12,13,14). The molecule has 0 radical (unpaired) electrons. The number of rotatable bonds is 4. The quantitative estimate of drug-likeness (QED) is 0.378. The fraction of sp³-hybridized carbons (Fsp3) is 0.400. The first kappa shape index (κ1) is 13.5. The second kappa shape index (κ2) is 4.05. The van der Waals surface area contributed by atoms with Crippen LogP contribution in [0.1, 0.15) is 5.69 Å². The molecular weight excluding hydrogens is 262 g/mol.